The highest BCUT2D eigenvalue weighted by atomic mass is 19.3. The number of carbonyl (C=O) groups is 1. The number of ether oxygens (including phenoxy) is 1. The van der Waals surface area contributed by atoms with Crippen LogP contribution in [0.25, 0.3) is 0 Å². The van der Waals surface area contributed by atoms with E-state index in [0.717, 1.165) is 12.8 Å². The predicted octanol–water partition coefficient (Wildman–Crippen LogP) is 1.28. The molecule has 1 saturated carbocycles. The zero-order chi connectivity index (χ0) is 12.8. The Hall–Kier alpha value is -1.50. The minimum absolute atomic E-state index is 0.0572. The van der Waals surface area contributed by atoms with E-state index in [9.17, 15) is 13.6 Å². The molecular weight excluding hydrogens is 244 g/mol. The van der Waals surface area contributed by atoms with Crippen molar-refractivity contribution in [3.05, 3.63) is 18.0 Å². The lowest BCUT2D eigenvalue weighted by atomic mass is 10.2. The summed E-state index contributed by atoms with van der Waals surface area (Å²) in [5.41, 5.74) is -0.315. The van der Waals surface area contributed by atoms with Crippen LogP contribution in [0, 0.1) is 0 Å². The Balaban J connectivity index is 1.87. The van der Waals surface area contributed by atoms with Crippen LogP contribution in [0.5, 0.6) is 0 Å². The lowest BCUT2D eigenvalue weighted by Gasteiger charge is -2.36. The van der Waals surface area contributed by atoms with E-state index >= 15 is 0 Å². The number of morpholine rings is 1. The number of amides is 1. The molecule has 1 amide bonds. The Morgan fingerprint density at radius 3 is 2.94 bits per heavy atom. The van der Waals surface area contributed by atoms with Crippen molar-refractivity contribution >= 4 is 5.91 Å². The third-order valence-electron chi connectivity index (χ3n) is 3.55. The first kappa shape index (κ1) is 11.6. The van der Waals surface area contributed by atoms with Gasteiger partial charge in [0.25, 0.3) is 5.91 Å². The zero-order valence-electron chi connectivity index (χ0n) is 9.68. The van der Waals surface area contributed by atoms with E-state index in [1.807, 2.05) is 0 Å². The molecule has 2 heterocycles. The maximum atomic E-state index is 12.7. The van der Waals surface area contributed by atoms with Gasteiger partial charge in [0.05, 0.1) is 18.8 Å². The molecule has 18 heavy (non-hydrogen) atoms. The summed E-state index contributed by atoms with van der Waals surface area (Å²) in [5.74, 6) is -0.381. The molecule has 1 aliphatic carbocycles. The van der Waals surface area contributed by atoms with E-state index in [1.54, 1.807) is 4.90 Å². The van der Waals surface area contributed by atoms with Crippen molar-refractivity contribution in [2.75, 3.05) is 19.8 Å². The molecule has 98 valence electrons. The van der Waals surface area contributed by atoms with Gasteiger partial charge in [0.15, 0.2) is 0 Å². The van der Waals surface area contributed by atoms with Crippen LogP contribution in [-0.4, -0.2) is 45.9 Å². The number of carbonyl (C=O) groups excluding carboxylic acids is 1. The van der Waals surface area contributed by atoms with Gasteiger partial charge in [-0.15, -0.1) is 0 Å². The third kappa shape index (κ3) is 1.69. The van der Waals surface area contributed by atoms with Crippen molar-refractivity contribution in [1.29, 1.82) is 0 Å². The zero-order valence-corrected chi connectivity index (χ0v) is 9.68. The van der Waals surface area contributed by atoms with Crippen LogP contribution in [0.15, 0.2) is 12.3 Å². The van der Waals surface area contributed by atoms with Crippen molar-refractivity contribution in [3.8, 4) is 0 Å². The molecule has 2 fully saturated rings. The number of rotatable bonds is 2. The fourth-order valence-electron chi connectivity index (χ4n) is 2.39. The topological polar surface area (TPSA) is 47.4 Å². The number of hydrogen-bond donors (Lipinski definition) is 0. The minimum Gasteiger partial charge on any atom is -0.377 e. The average Bonchev–Trinajstić information content (AvgIpc) is 2.95. The monoisotopic (exact) mass is 257 g/mol. The molecular formula is C11H13F2N3O2. The summed E-state index contributed by atoms with van der Waals surface area (Å²) in [5, 5.41) is 3.49. The fourth-order valence-corrected chi connectivity index (χ4v) is 2.39. The van der Waals surface area contributed by atoms with E-state index in [4.69, 9.17) is 4.74 Å². The molecule has 1 aromatic rings. The van der Waals surface area contributed by atoms with Crippen molar-refractivity contribution in [2.45, 2.75) is 24.9 Å². The minimum atomic E-state index is -2.80. The van der Waals surface area contributed by atoms with E-state index in [0.29, 0.717) is 24.4 Å². The quantitative estimate of drug-likeness (QED) is 0.802. The Morgan fingerprint density at radius 1 is 1.50 bits per heavy atom. The second-order valence-electron chi connectivity index (χ2n) is 4.67. The van der Waals surface area contributed by atoms with Gasteiger partial charge in [0, 0.05) is 12.7 Å². The smallest absolute Gasteiger partial charge is 0.333 e. The van der Waals surface area contributed by atoms with Crippen molar-refractivity contribution in [2.24, 2.45) is 0 Å². The number of halogens is 2. The number of hydrogen-bond acceptors (Lipinski definition) is 3. The summed E-state index contributed by atoms with van der Waals surface area (Å²) < 4.78 is 31.2. The van der Waals surface area contributed by atoms with Gasteiger partial charge < -0.3 is 9.64 Å². The Morgan fingerprint density at radius 2 is 2.28 bits per heavy atom. The first-order chi connectivity index (χ1) is 8.64. The largest absolute Gasteiger partial charge is 0.377 e. The molecule has 0 N–H and O–H groups in total. The van der Waals surface area contributed by atoms with Crippen LogP contribution in [0.3, 0.4) is 0 Å². The normalized spacial score (nSPS) is 21.6. The maximum absolute atomic E-state index is 12.7. The van der Waals surface area contributed by atoms with Crippen molar-refractivity contribution < 1.29 is 18.3 Å². The van der Waals surface area contributed by atoms with Gasteiger partial charge in [-0.25, -0.2) is 0 Å². The summed E-state index contributed by atoms with van der Waals surface area (Å²) in [7, 11) is 0. The molecule has 1 spiro atoms. The third-order valence-corrected chi connectivity index (χ3v) is 3.55. The first-order valence-electron chi connectivity index (χ1n) is 5.85. The van der Waals surface area contributed by atoms with Crippen molar-refractivity contribution in [1.82, 2.24) is 14.7 Å². The lowest BCUT2D eigenvalue weighted by molar-refractivity contribution is -0.0141. The van der Waals surface area contributed by atoms with E-state index < -0.39 is 6.55 Å². The van der Waals surface area contributed by atoms with Gasteiger partial charge in [-0.1, -0.05) is 0 Å². The summed E-state index contributed by atoms with van der Waals surface area (Å²) in [6, 6.07) is 1.33. The molecule has 2 aliphatic rings. The molecule has 1 aromatic heterocycles. The Kier molecular flexibility index (Phi) is 2.58. The molecule has 0 aromatic carbocycles. The van der Waals surface area contributed by atoms with Gasteiger partial charge in [-0.3, -0.25) is 4.79 Å². The molecule has 1 saturated heterocycles. The predicted molar refractivity (Wildman–Crippen MR) is 57.3 cm³/mol. The summed E-state index contributed by atoms with van der Waals surface area (Å²) in [4.78, 5) is 14.0. The molecule has 5 nitrogen and oxygen atoms in total. The summed E-state index contributed by atoms with van der Waals surface area (Å²) in [6.07, 6.45) is 2.97. The average molecular weight is 257 g/mol. The molecule has 0 bridgehead atoms. The Labute approximate surface area is 102 Å². The molecule has 0 radical (unpaired) electrons. The van der Waals surface area contributed by atoms with Crippen molar-refractivity contribution in [3.63, 3.8) is 0 Å². The molecule has 3 rings (SSSR count). The highest BCUT2D eigenvalue weighted by Gasteiger charge is 2.52. The van der Waals surface area contributed by atoms with E-state index in [-0.39, 0.29) is 17.1 Å². The maximum Gasteiger partial charge on any atom is 0.333 e. The van der Waals surface area contributed by atoms with E-state index in [1.165, 1.54) is 12.3 Å². The van der Waals surface area contributed by atoms with Gasteiger partial charge in [0.1, 0.15) is 5.69 Å². The van der Waals surface area contributed by atoms with E-state index in [2.05, 4.69) is 5.10 Å². The fraction of sp³-hybridized carbons (Fsp3) is 0.636. The van der Waals surface area contributed by atoms with Gasteiger partial charge in [-0.05, 0) is 18.9 Å². The lowest BCUT2D eigenvalue weighted by Crippen LogP contribution is -2.51. The summed E-state index contributed by atoms with van der Waals surface area (Å²) in [6.45, 7) is -1.39. The molecule has 0 atom stereocenters. The number of aromatic nitrogens is 2. The van der Waals surface area contributed by atoms with Crippen LogP contribution >= 0.6 is 0 Å². The van der Waals surface area contributed by atoms with Crippen LogP contribution < -0.4 is 0 Å². The highest BCUT2D eigenvalue weighted by Crippen LogP contribution is 2.44. The summed E-state index contributed by atoms with van der Waals surface area (Å²) >= 11 is 0. The highest BCUT2D eigenvalue weighted by molar-refractivity contribution is 5.93. The van der Waals surface area contributed by atoms with Crippen LogP contribution in [-0.2, 0) is 4.74 Å². The Bertz CT molecular complexity index is 471. The molecule has 1 aliphatic heterocycles. The molecule has 0 unspecified atom stereocenters. The standard InChI is InChI=1S/C11H13F2N3O2/c12-10(13)16-8(1-4-14-16)9(17)15-5-6-18-7-11(15)2-3-11/h1,4,10H,2-3,5-7H2. The first-order valence-corrected chi connectivity index (χ1v) is 5.85. The number of alkyl halides is 2. The van der Waals surface area contributed by atoms with Crippen LogP contribution in [0.1, 0.15) is 29.9 Å². The van der Waals surface area contributed by atoms with Crippen LogP contribution in [0.2, 0.25) is 0 Å². The second kappa shape index (κ2) is 4.01. The van der Waals surface area contributed by atoms with Gasteiger partial charge >= 0.3 is 6.55 Å². The number of nitrogens with zero attached hydrogens (tertiary/aromatic N) is 3. The van der Waals surface area contributed by atoms with Crippen LogP contribution in [0.4, 0.5) is 8.78 Å². The van der Waals surface area contributed by atoms with Gasteiger partial charge in [0.2, 0.25) is 0 Å². The second-order valence-corrected chi connectivity index (χ2v) is 4.67. The van der Waals surface area contributed by atoms with Gasteiger partial charge in [-0.2, -0.15) is 18.6 Å². The molecule has 7 heteroatoms. The SMILES string of the molecule is O=C(c1ccnn1C(F)F)N1CCOCC12CC2.